The van der Waals surface area contributed by atoms with Crippen molar-refractivity contribution in [3.8, 4) is 6.07 Å². The van der Waals surface area contributed by atoms with Gasteiger partial charge in [0.2, 0.25) is 0 Å². The number of nitriles is 1. The Morgan fingerprint density at radius 1 is 1.38 bits per heavy atom. The van der Waals surface area contributed by atoms with E-state index in [1.165, 1.54) is 15.4 Å². The number of hydrogen-bond acceptors (Lipinski definition) is 6. The van der Waals surface area contributed by atoms with Gasteiger partial charge in [0.05, 0.1) is 18.2 Å². The molecular formula is C24H23F2N5O3. The number of halogens is 2. The van der Waals surface area contributed by atoms with Crippen molar-refractivity contribution in [3.05, 3.63) is 69.1 Å². The largest absolute Gasteiger partial charge is 0.478 e. The second-order valence-corrected chi connectivity index (χ2v) is 8.65. The lowest BCUT2D eigenvalue weighted by Crippen LogP contribution is -2.33. The molecule has 0 unspecified atom stereocenters. The number of rotatable bonds is 5. The number of carboxylic acid groups (broad SMARTS) is 1. The van der Waals surface area contributed by atoms with Gasteiger partial charge in [-0.05, 0) is 44.5 Å². The van der Waals surface area contributed by atoms with Crippen molar-refractivity contribution < 1.29 is 18.7 Å². The number of pyridine rings is 1. The number of aromatic nitrogens is 2. The van der Waals surface area contributed by atoms with Crippen LogP contribution in [0.4, 0.5) is 20.3 Å². The molecule has 1 aliphatic heterocycles. The number of aryl methyl sites for hydroxylation is 1. The maximum Gasteiger partial charge on any atom is 0.337 e. The molecule has 1 saturated heterocycles. The van der Waals surface area contributed by atoms with Gasteiger partial charge in [-0.1, -0.05) is 12.1 Å². The van der Waals surface area contributed by atoms with Crippen LogP contribution in [0.15, 0.2) is 41.3 Å². The minimum absolute atomic E-state index is 0.0691. The van der Waals surface area contributed by atoms with Crippen molar-refractivity contribution in [2.45, 2.75) is 45.2 Å². The average molecular weight is 467 g/mol. The number of aromatic carboxylic acids is 1. The molecule has 2 aromatic heterocycles. The van der Waals surface area contributed by atoms with Crippen molar-refractivity contribution in [1.29, 1.82) is 5.26 Å². The van der Waals surface area contributed by atoms with Gasteiger partial charge >= 0.3 is 5.97 Å². The number of nitrogens with one attached hydrogen (secondary N) is 1. The first-order valence-corrected chi connectivity index (χ1v) is 10.7. The molecule has 0 aliphatic carbocycles. The molecule has 10 heteroatoms. The van der Waals surface area contributed by atoms with Crippen LogP contribution in [0.3, 0.4) is 0 Å². The third-order valence-corrected chi connectivity index (χ3v) is 5.98. The van der Waals surface area contributed by atoms with E-state index in [9.17, 15) is 28.7 Å². The van der Waals surface area contributed by atoms with Gasteiger partial charge < -0.3 is 15.3 Å². The van der Waals surface area contributed by atoms with Gasteiger partial charge in [0.15, 0.2) is 11.4 Å². The standard InChI is InChI=1S/C24H23F2N5O3/c1-13-8-17(15(3)28-19-7-5-4-6-16(19)23(33)34)20-29-21(18(10-27)22(32)30(20)11-13)31-12-24(25,26)9-14(31)2/h4-8,11,14-15,28H,9,12H2,1-3H3,(H,33,34)/t14-,15-/m1/s1. The Labute approximate surface area is 194 Å². The number of para-hydroxylation sites is 1. The molecular weight excluding hydrogens is 444 g/mol. The minimum Gasteiger partial charge on any atom is -0.478 e. The molecule has 34 heavy (non-hydrogen) atoms. The highest BCUT2D eigenvalue weighted by Crippen LogP contribution is 2.36. The molecule has 1 aliphatic rings. The number of nitrogens with zero attached hydrogens (tertiary/aromatic N) is 4. The summed E-state index contributed by atoms with van der Waals surface area (Å²) in [5.41, 5.74) is 0.998. The van der Waals surface area contributed by atoms with Gasteiger partial charge in [0.25, 0.3) is 11.5 Å². The van der Waals surface area contributed by atoms with Gasteiger partial charge in [-0.15, -0.1) is 0 Å². The van der Waals surface area contributed by atoms with E-state index in [2.05, 4.69) is 10.3 Å². The Bertz CT molecular complexity index is 1400. The molecule has 2 N–H and O–H groups in total. The van der Waals surface area contributed by atoms with Crippen molar-refractivity contribution >= 4 is 23.1 Å². The zero-order valence-corrected chi connectivity index (χ0v) is 18.8. The number of alkyl halides is 2. The van der Waals surface area contributed by atoms with E-state index in [1.54, 1.807) is 51.2 Å². The summed E-state index contributed by atoms with van der Waals surface area (Å²) in [6.45, 7) is 4.53. The highest BCUT2D eigenvalue weighted by atomic mass is 19.3. The summed E-state index contributed by atoms with van der Waals surface area (Å²) in [5.74, 6) is -4.12. The fraction of sp³-hybridized carbons (Fsp3) is 0.333. The molecule has 3 aromatic rings. The Morgan fingerprint density at radius 2 is 2.09 bits per heavy atom. The number of carboxylic acids is 1. The molecule has 0 bridgehead atoms. The third-order valence-electron chi connectivity index (χ3n) is 5.98. The first kappa shape index (κ1) is 23.2. The first-order valence-electron chi connectivity index (χ1n) is 10.7. The van der Waals surface area contributed by atoms with Gasteiger partial charge in [0, 0.05) is 29.9 Å². The summed E-state index contributed by atoms with van der Waals surface area (Å²) in [7, 11) is 0. The number of carbonyl (C=O) groups is 1. The van der Waals surface area contributed by atoms with Gasteiger partial charge in [0.1, 0.15) is 11.7 Å². The maximum atomic E-state index is 14.1. The zero-order valence-electron chi connectivity index (χ0n) is 18.8. The molecule has 0 amide bonds. The topological polar surface area (TPSA) is 111 Å². The van der Waals surface area contributed by atoms with Crippen molar-refractivity contribution in [3.63, 3.8) is 0 Å². The van der Waals surface area contributed by atoms with Crippen LogP contribution in [-0.4, -0.2) is 39.0 Å². The molecule has 0 saturated carbocycles. The van der Waals surface area contributed by atoms with Crippen molar-refractivity contribution in [2.75, 3.05) is 16.8 Å². The first-order chi connectivity index (χ1) is 16.0. The SMILES string of the molecule is Cc1cc([C@@H](C)Nc2ccccc2C(=O)O)c2nc(N3CC(F)(F)C[C@H]3C)c(C#N)c(=O)n2c1. The number of hydrogen-bond donors (Lipinski definition) is 2. The predicted molar refractivity (Wildman–Crippen MR) is 123 cm³/mol. The summed E-state index contributed by atoms with van der Waals surface area (Å²) in [4.78, 5) is 30.7. The molecule has 176 valence electrons. The van der Waals surface area contributed by atoms with E-state index in [-0.39, 0.29) is 22.6 Å². The fourth-order valence-corrected chi connectivity index (χ4v) is 4.42. The van der Waals surface area contributed by atoms with Crippen LogP contribution >= 0.6 is 0 Å². The monoisotopic (exact) mass is 467 g/mol. The maximum absolute atomic E-state index is 14.1. The van der Waals surface area contributed by atoms with Crippen LogP contribution in [0.1, 0.15) is 53.4 Å². The number of benzene rings is 1. The summed E-state index contributed by atoms with van der Waals surface area (Å²) in [6.07, 6.45) is 1.14. The molecule has 4 rings (SSSR count). The van der Waals surface area contributed by atoms with Crippen LogP contribution in [0, 0.1) is 18.3 Å². The van der Waals surface area contributed by atoms with Crippen molar-refractivity contribution in [1.82, 2.24) is 9.38 Å². The van der Waals surface area contributed by atoms with E-state index in [4.69, 9.17) is 0 Å². The Morgan fingerprint density at radius 3 is 2.71 bits per heavy atom. The lowest BCUT2D eigenvalue weighted by molar-refractivity contribution is 0.0229. The summed E-state index contributed by atoms with van der Waals surface area (Å²) in [5, 5.41) is 22.3. The quantitative estimate of drug-likeness (QED) is 0.584. The van der Waals surface area contributed by atoms with Gasteiger partial charge in [-0.2, -0.15) is 5.26 Å². The minimum atomic E-state index is -2.95. The van der Waals surface area contributed by atoms with Crippen LogP contribution < -0.4 is 15.8 Å². The normalized spacial score (nSPS) is 18.0. The Hall–Kier alpha value is -4.00. The summed E-state index contributed by atoms with van der Waals surface area (Å²) in [6, 6.07) is 8.95. The Balaban J connectivity index is 1.89. The van der Waals surface area contributed by atoms with E-state index in [1.807, 2.05) is 6.07 Å². The van der Waals surface area contributed by atoms with E-state index in [0.717, 1.165) is 0 Å². The average Bonchev–Trinajstić information content (AvgIpc) is 3.05. The number of anilines is 2. The van der Waals surface area contributed by atoms with Gasteiger partial charge in [-0.3, -0.25) is 9.20 Å². The second-order valence-electron chi connectivity index (χ2n) is 8.65. The molecule has 8 nitrogen and oxygen atoms in total. The van der Waals surface area contributed by atoms with Crippen molar-refractivity contribution in [2.24, 2.45) is 0 Å². The van der Waals surface area contributed by atoms with Crippen LogP contribution in [-0.2, 0) is 0 Å². The van der Waals surface area contributed by atoms with Gasteiger partial charge in [-0.25, -0.2) is 18.6 Å². The van der Waals surface area contributed by atoms with E-state index >= 15 is 0 Å². The van der Waals surface area contributed by atoms with Crippen LogP contribution in [0.2, 0.25) is 0 Å². The summed E-state index contributed by atoms with van der Waals surface area (Å²) < 4.78 is 29.4. The molecule has 0 radical (unpaired) electrons. The van der Waals surface area contributed by atoms with Crippen LogP contribution in [0.25, 0.3) is 5.65 Å². The van der Waals surface area contributed by atoms with E-state index < -0.39 is 42.5 Å². The molecule has 0 spiro atoms. The molecule has 1 aromatic carbocycles. The molecule has 1 fully saturated rings. The van der Waals surface area contributed by atoms with Crippen LogP contribution in [0.5, 0.6) is 0 Å². The highest BCUT2D eigenvalue weighted by Gasteiger charge is 2.44. The smallest absolute Gasteiger partial charge is 0.337 e. The lowest BCUT2D eigenvalue weighted by atomic mass is 10.1. The third kappa shape index (κ3) is 4.05. The zero-order chi connectivity index (χ0) is 24.8. The summed E-state index contributed by atoms with van der Waals surface area (Å²) >= 11 is 0. The molecule has 3 heterocycles. The molecule has 2 atom stereocenters. The second kappa shape index (κ2) is 8.41. The lowest BCUT2D eigenvalue weighted by Gasteiger charge is -2.24. The van der Waals surface area contributed by atoms with E-state index in [0.29, 0.717) is 16.8 Å². The predicted octanol–water partition coefficient (Wildman–Crippen LogP) is 3.98. The fourth-order valence-electron chi connectivity index (χ4n) is 4.42. The number of fused-ring (bicyclic) bond motifs is 1. The highest BCUT2D eigenvalue weighted by molar-refractivity contribution is 5.94. The Kier molecular flexibility index (Phi) is 5.73.